The molecule has 2 amide bonds. The third-order valence-corrected chi connectivity index (χ3v) is 8.32. The highest BCUT2D eigenvalue weighted by Crippen LogP contribution is 2.46. The van der Waals surface area contributed by atoms with Crippen LogP contribution in [-0.2, 0) is 11.3 Å². The number of nitrogens with zero attached hydrogens (tertiary/aromatic N) is 3. The van der Waals surface area contributed by atoms with E-state index in [0.717, 1.165) is 40.9 Å². The molecule has 10 heteroatoms. The lowest BCUT2D eigenvalue weighted by Crippen LogP contribution is -2.46. The number of carboxylic acid groups (broad SMARTS) is 1. The van der Waals surface area contributed by atoms with E-state index < -0.39 is 6.09 Å². The van der Waals surface area contributed by atoms with E-state index >= 15 is 0 Å². The first-order valence-electron chi connectivity index (χ1n) is 14.5. The van der Waals surface area contributed by atoms with E-state index in [-0.39, 0.29) is 24.2 Å². The molecule has 5 rings (SSSR count). The van der Waals surface area contributed by atoms with Crippen molar-refractivity contribution in [3.05, 3.63) is 88.5 Å². The zero-order valence-electron chi connectivity index (χ0n) is 25.4. The molecule has 2 N–H and O–H groups in total. The van der Waals surface area contributed by atoms with Crippen molar-refractivity contribution in [2.45, 2.75) is 38.8 Å². The minimum absolute atomic E-state index is 0.0790. The standard InChI is InChI=1S/C34H37FN4O5/c1-21-27(26-8-7-24(35)17-29(26)28(21)18-32(40)37-20-22-6-5-11-36-19-22)14-23-15-30(43-3)33(31(16-23)44-4)39(34(41)42)25-9-12-38(2)13-10-25/h5-8,11,14-17,19,25H,9-10,12-13,18,20H2,1-4H3,(H,37,40)(H,41,42)/b27-14-. The maximum absolute atomic E-state index is 14.4. The predicted molar refractivity (Wildman–Crippen MR) is 168 cm³/mol. The van der Waals surface area contributed by atoms with Gasteiger partial charge in [0.1, 0.15) is 23.0 Å². The Hall–Kier alpha value is -4.70. The lowest BCUT2D eigenvalue weighted by molar-refractivity contribution is -0.120. The summed E-state index contributed by atoms with van der Waals surface area (Å²) in [5.41, 5.74) is 5.85. The highest BCUT2D eigenvalue weighted by molar-refractivity contribution is 6.08. The fourth-order valence-corrected chi connectivity index (χ4v) is 6.00. The van der Waals surface area contributed by atoms with Crippen LogP contribution >= 0.6 is 0 Å². The molecule has 1 aliphatic carbocycles. The largest absolute Gasteiger partial charge is 0.494 e. The van der Waals surface area contributed by atoms with Crippen molar-refractivity contribution < 1.29 is 28.6 Å². The molecule has 1 aromatic heterocycles. The Morgan fingerprint density at radius 3 is 2.43 bits per heavy atom. The number of likely N-dealkylation sites (tertiary alicyclic amines) is 1. The van der Waals surface area contributed by atoms with Gasteiger partial charge in [-0.2, -0.15) is 0 Å². The molecular formula is C34H37FN4O5. The van der Waals surface area contributed by atoms with E-state index in [1.165, 1.54) is 31.3 Å². The molecule has 0 atom stereocenters. The Bertz CT molecular complexity index is 1590. The molecule has 0 radical (unpaired) electrons. The topological polar surface area (TPSA) is 104 Å². The van der Waals surface area contributed by atoms with Crippen LogP contribution in [-0.4, -0.2) is 67.4 Å². The van der Waals surface area contributed by atoms with Gasteiger partial charge >= 0.3 is 6.09 Å². The number of rotatable bonds is 9. The average molecular weight is 601 g/mol. The minimum Gasteiger partial charge on any atom is -0.494 e. The van der Waals surface area contributed by atoms with Gasteiger partial charge in [-0.3, -0.25) is 14.7 Å². The summed E-state index contributed by atoms with van der Waals surface area (Å²) in [7, 11) is 5.03. The Morgan fingerprint density at radius 1 is 1.11 bits per heavy atom. The summed E-state index contributed by atoms with van der Waals surface area (Å²) in [4.78, 5) is 33.2. The molecule has 0 bridgehead atoms. The number of pyridine rings is 1. The quantitative estimate of drug-likeness (QED) is 0.318. The summed E-state index contributed by atoms with van der Waals surface area (Å²) in [6.45, 7) is 3.84. The SMILES string of the molecule is COc1cc(/C=C2/C(C)=C(CC(=O)NCc3cccnc3)c3cc(F)ccc32)cc(OC)c1N(C(=O)O)C1CCN(C)CC1. The molecule has 0 saturated carbocycles. The number of hydrogen-bond donors (Lipinski definition) is 2. The second-order valence-electron chi connectivity index (χ2n) is 11.1. The van der Waals surface area contributed by atoms with Gasteiger partial charge in [-0.05, 0) is 115 Å². The molecule has 3 aromatic rings. The number of halogens is 1. The molecule has 0 spiro atoms. The smallest absolute Gasteiger partial charge is 0.412 e. The van der Waals surface area contributed by atoms with Crippen LogP contribution in [0.5, 0.6) is 11.5 Å². The van der Waals surface area contributed by atoms with Gasteiger partial charge in [0.15, 0.2) is 0 Å². The van der Waals surface area contributed by atoms with Crippen LogP contribution in [0.25, 0.3) is 17.2 Å². The average Bonchev–Trinajstić information content (AvgIpc) is 3.26. The molecule has 0 unspecified atom stereocenters. The maximum Gasteiger partial charge on any atom is 0.412 e. The van der Waals surface area contributed by atoms with E-state index in [1.807, 2.05) is 32.2 Å². The molecule has 230 valence electrons. The van der Waals surface area contributed by atoms with Crippen LogP contribution in [0, 0.1) is 5.82 Å². The second kappa shape index (κ2) is 13.3. The van der Waals surface area contributed by atoms with Crippen molar-refractivity contribution in [3.8, 4) is 11.5 Å². The van der Waals surface area contributed by atoms with Gasteiger partial charge < -0.3 is 24.8 Å². The Kier molecular flexibility index (Phi) is 9.29. The van der Waals surface area contributed by atoms with Crippen LogP contribution in [0.15, 0.2) is 60.4 Å². The van der Waals surface area contributed by atoms with Crippen molar-refractivity contribution >= 4 is 34.9 Å². The number of amides is 2. The lowest BCUT2D eigenvalue weighted by atomic mass is 9.99. The zero-order valence-corrected chi connectivity index (χ0v) is 25.4. The monoisotopic (exact) mass is 600 g/mol. The van der Waals surface area contributed by atoms with Gasteiger partial charge in [-0.25, -0.2) is 9.18 Å². The first-order valence-corrected chi connectivity index (χ1v) is 14.5. The number of piperidine rings is 1. The number of carbonyl (C=O) groups excluding carboxylic acids is 1. The van der Waals surface area contributed by atoms with Crippen molar-refractivity contribution in [1.82, 2.24) is 15.2 Å². The molecule has 2 heterocycles. The molecule has 2 aromatic carbocycles. The maximum atomic E-state index is 14.4. The van der Waals surface area contributed by atoms with Crippen LogP contribution in [0.3, 0.4) is 0 Å². The van der Waals surface area contributed by atoms with Gasteiger partial charge in [0, 0.05) is 25.0 Å². The first-order chi connectivity index (χ1) is 21.2. The predicted octanol–water partition coefficient (Wildman–Crippen LogP) is 5.85. The molecule has 2 aliphatic rings. The van der Waals surface area contributed by atoms with E-state index in [4.69, 9.17) is 9.47 Å². The zero-order chi connectivity index (χ0) is 31.4. The molecule has 1 aliphatic heterocycles. The van der Waals surface area contributed by atoms with Gasteiger partial charge in [0.25, 0.3) is 0 Å². The van der Waals surface area contributed by atoms with Crippen LogP contribution < -0.4 is 19.7 Å². The van der Waals surface area contributed by atoms with Gasteiger partial charge in [0.2, 0.25) is 5.91 Å². The van der Waals surface area contributed by atoms with Crippen molar-refractivity contribution in [2.24, 2.45) is 0 Å². The highest BCUT2D eigenvalue weighted by atomic mass is 19.1. The number of aromatic nitrogens is 1. The van der Waals surface area contributed by atoms with Crippen LogP contribution in [0.4, 0.5) is 14.9 Å². The number of fused-ring (bicyclic) bond motifs is 1. The first kappa shape index (κ1) is 30.7. The van der Waals surface area contributed by atoms with E-state index in [2.05, 4.69) is 15.2 Å². The third kappa shape index (κ3) is 6.45. The lowest BCUT2D eigenvalue weighted by Gasteiger charge is -2.36. The van der Waals surface area contributed by atoms with Gasteiger partial charge in [-0.15, -0.1) is 0 Å². The number of carbonyl (C=O) groups is 2. The number of nitrogens with one attached hydrogen (secondary N) is 1. The van der Waals surface area contributed by atoms with Crippen molar-refractivity contribution in [1.29, 1.82) is 0 Å². The summed E-state index contributed by atoms with van der Waals surface area (Å²) in [6.07, 6.45) is 5.70. The number of allylic oxidation sites excluding steroid dienone is 2. The van der Waals surface area contributed by atoms with Crippen molar-refractivity contribution in [2.75, 3.05) is 39.3 Å². The van der Waals surface area contributed by atoms with Crippen LogP contribution in [0.1, 0.15) is 48.4 Å². The number of ether oxygens (including phenoxy) is 2. The van der Waals surface area contributed by atoms with E-state index in [9.17, 15) is 19.1 Å². The van der Waals surface area contributed by atoms with E-state index in [1.54, 1.807) is 30.6 Å². The van der Waals surface area contributed by atoms with Gasteiger partial charge in [-0.1, -0.05) is 12.1 Å². The number of anilines is 1. The number of methoxy groups -OCH3 is 2. The molecule has 44 heavy (non-hydrogen) atoms. The van der Waals surface area contributed by atoms with Crippen LogP contribution in [0.2, 0.25) is 0 Å². The summed E-state index contributed by atoms with van der Waals surface area (Å²) in [5, 5.41) is 13.2. The molecular weight excluding hydrogens is 563 g/mol. The highest BCUT2D eigenvalue weighted by Gasteiger charge is 2.33. The minimum atomic E-state index is -1.07. The summed E-state index contributed by atoms with van der Waals surface area (Å²) in [5.74, 6) is 0.162. The molecule has 1 saturated heterocycles. The summed E-state index contributed by atoms with van der Waals surface area (Å²) >= 11 is 0. The van der Waals surface area contributed by atoms with E-state index in [0.29, 0.717) is 47.7 Å². The molecule has 1 fully saturated rings. The Labute approximate surface area is 256 Å². The number of hydrogen-bond acceptors (Lipinski definition) is 6. The Balaban J connectivity index is 1.50. The fourth-order valence-electron chi connectivity index (χ4n) is 6.00. The summed E-state index contributed by atoms with van der Waals surface area (Å²) in [6, 6.07) is 11.6. The van der Waals surface area contributed by atoms with Gasteiger partial charge in [0.05, 0.1) is 20.6 Å². The van der Waals surface area contributed by atoms with Crippen molar-refractivity contribution in [3.63, 3.8) is 0 Å². The second-order valence-corrected chi connectivity index (χ2v) is 11.1. The summed E-state index contributed by atoms with van der Waals surface area (Å²) < 4.78 is 25.9. The normalized spacial score (nSPS) is 16.2. The fraction of sp³-hybridized carbons (Fsp3) is 0.324. The number of benzene rings is 2. The third-order valence-electron chi connectivity index (χ3n) is 8.32. The Morgan fingerprint density at radius 2 is 1.82 bits per heavy atom. The molecule has 9 nitrogen and oxygen atoms in total.